The molecular weight excluding hydrogens is 513 g/mol. The molecule has 3 rings (SSSR count). The van der Waals surface area contributed by atoms with E-state index >= 15 is 0 Å². The number of nitrogens with one attached hydrogen (secondary N) is 1. The van der Waals surface area contributed by atoms with E-state index in [4.69, 9.17) is 14.2 Å². The minimum absolute atomic E-state index is 0.238. The molecule has 3 aromatic rings. The smallest absolute Gasteiger partial charge is 0.416 e. The van der Waals surface area contributed by atoms with Crippen LogP contribution < -0.4 is 14.8 Å². The highest BCUT2D eigenvalue weighted by Crippen LogP contribution is 2.31. The lowest BCUT2D eigenvalue weighted by molar-refractivity contribution is -0.158. The summed E-state index contributed by atoms with van der Waals surface area (Å²) in [6, 6.07) is 13.1. The Morgan fingerprint density at radius 2 is 1.64 bits per heavy atom. The van der Waals surface area contributed by atoms with Gasteiger partial charge in [0.15, 0.2) is 5.60 Å². The molecular formula is C29H31F3N2O5. The fourth-order valence-corrected chi connectivity index (χ4v) is 3.80. The first kappa shape index (κ1) is 29.5. The topological polar surface area (TPSA) is 86.8 Å². The molecule has 0 aliphatic heterocycles. The molecule has 0 saturated carbocycles. The number of carbonyl (C=O) groups is 2. The van der Waals surface area contributed by atoms with Crippen molar-refractivity contribution >= 4 is 11.9 Å². The Labute approximate surface area is 225 Å². The Hall–Kier alpha value is -4.08. The van der Waals surface area contributed by atoms with E-state index in [9.17, 15) is 22.8 Å². The van der Waals surface area contributed by atoms with Gasteiger partial charge in [0.1, 0.15) is 11.5 Å². The molecule has 2 aromatic carbocycles. The summed E-state index contributed by atoms with van der Waals surface area (Å²) in [6.07, 6.45) is -3.96. The lowest BCUT2D eigenvalue weighted by Crippen LogP contribution is -2.39. The second kappa shape index (κ2) is 12.2. The van der Waals surface area contributed by atoms with Crippen molar-refractivity contribution in [2.45, 2.75) is 45.9 Å². The van der Waals surface area contributed by atoms with E-state index in [2.05, 4.69) is 10.3 Å². The van der Waals surface area contributed by atoms with Crippen molar-refractivity contribution < 1.29 is 37.0 Å². The van der Waals surface area contributed by atoms with Crippen LogP contribution >= 0.6 is 0 Å². The van der Waals surface area contributed by atoms with E-state index in [-0.39, 0.29) is 12.5 Å². The van der Waals surface area contributed by atoms with Gasteiger partial charge < -0.3 is 19.5 Å². The summed E-state index contributed by atoms with van der Waals surface area (Å²) in [5.41, 5.74) is 0.658. The maximum atomic E-state index is 12.8. The number of esters is 1. The highest BCUT2D eigenvalue weighted by Gasteiger charge is 2.32. The Balaban J connectivity index is 1.65. The predicted molar refractivity (Wildman–Crippen MR) is 140 cm³/mol. The number of alkyl halides is 3. The van der Waals surface area contributed by atoms with Gasteiger partial charge in [-0.1, -0.05) is 12.1 Å². The van der Waals surface area contributed by atoms with Crippen molar-refractivity contribution in [1.29, 1.82) is 0 Å². The van der Waals surface area contributed by atoms with Crippen molar-refractivity contribution in [3.05, 3.63) is 77.0 Å². The number of hydrogen-bond donors (Lipinski definition) is 1. The van der Waals surface area contributed by atoms with E-state index in [0.717, 1.165) is 17.7 Å². The van der Waals surface area contributed by atoms with E-state index in [0.29, 0.717) is 47.0 Å². The summed E-state index contributed by atoms with van der Waals surface area (Å²) in [5.74, 6) is 0.136. The highest BCUT2D eigenvalue weighted by molar-refractivity contribution is 5.95. The molecule has 0 bridgehead atoms. The number of pyridine rings is 1. The fraction of sp³-hybridized carbons (Fsp3) is 0.345. The number of aryl methyl sites for hydroxylation is 1. The molecule has 0 radical (unpaired) electrons. The summed E-state index contributed by atoms with van der Waals surface area (Å²) >= 11 is 0. The highest BCUT2D eigenvalue weighted by atomic mass is 19.4. The average molecular weight is 545 g/mol. The van der Waals surface area contributed by atoms with Crippen molar-refractivity contribution in [2.24, 2.45) is 0 Å². The van der Waals surface area contributed by atoms with Crippen LogP contribution in [0.15, 0.2) is 54.6 Å². The van der Waals surface area contributed by atoms with Gasteiger partial charge >= 0.3 is 12.1 Å². The zero-order chi connectivity index (χ0) is 28.8. The SMILES string of the molecule is CCOC(=O)C(C)(C)Oc1cc(CCNC(=O)c2ccc(-c3ccc(C(F)(F)F)cc3)nc2C)cc(OC)c1. The third-order valence-electron chi connectivity index (χ3n) is 5.85. The fourth-order valence-electron chi connectivity index (χ4n) is 3.80. The number of carbonyl (C=O) groups excluding carboxylic acids is 2. The van der Waals surface area contributed by atoms with Crippen LogP contribution in [0.25, 0.3) is 11.3 Å². The average Bonchev–Trinajstić information content (AvgIpc) is 2.87. The molecule has 0 aliphatic rings. The first-order chi connectivity index (χ1) is 18.3. The molecule has 1 N–H and O–H groups in total. The molecule has 1 heterocycles. The van der Waals surface area contributed by atoms with E-state index in [1.807, 2.05) is 6.07 Å². The number of aromatic nitrogens is 1. The zero-order valence-corrected chi connectivity index (χ0v) is 22.4. The molecule has 0 spiro atoms. The van der Waals surface area contributed by atoms with Gasteiger partial charge in [0.25, 0.3) is 5.91 Å². The van der Waals surface area contributed by atoms with Gasteiger partial charge in [-0.05, 0) is 76.1 Å². The van der Waals surface area contributed by atoms with Crippen LogP contribution in [0.2, 0.25) is 0 Å². The normalized spacial score (nSPS) is 11.6. The molecule has 1 amide bonds. The maximum Gasteiger partial charge on any atom is 0.416 e. The van der Waals surface area contributed by atoms with Gasteiger partial charge in [-0.3, -0.25) is 9.78 Å². The van der Waals surface area contributed by atoms with Crippen LogP contribution in [-0.4, -0.2) is 42.7 Å². The number of halogens is 3. The third kappa shape index (κ3) is 7.72. The second-order valence-electron chi connectivity index (χ2n) is 9.26. The number of rotatable bonds is 10. The summed E-state index contributed by atoms with van der Waals surface area (Å²) < 4.78 is 54.8. The number of methoxy groups -OCH3 is 1. The summed E-state index contributed by atoms with van der Waals surface area (Å²) in [5, 5.41) is 2.85. The number of benzene rings is 2. The molecule has 39 heavy (non-hydrogen) atoms. The predicted octanol–water partition coefficient (Wildman–Crippen LogP) is 5.78. The van der Waals surface area contributed by atoms with Crippen LogP contribution in [0.3, 0.4) is 0 Å². The van der Waals surface area contributed by atoms with Gasteiger partial charge in [0, 0.05) is 18.2 Å². The van der Waals surface area contributed by atoms with Crippen molar-refractivity contribution in [2.75, 3.05) is 20.3 Å². The Morgan fingerprint density at radius 3 is 2.23 bits per heavy atom. The first-order valence-corrected chi connectivity index (χ1v) is 12.3. The number of hydrogen-bond acceptors (Lipinski definition) is 6. The molecule has 0 aliphatic carbocycles. The minimum Gasteiger partial charge on any atom is -0.497 e. The lowest BCUT2D eigenvalue weighted by Gasteiger charge is -2.24. The first-order valence-electron chi connectivity index (χ1n) is 12.3. The largest absolute Gasteiger partial charge is 0.497 e. The molecule has 10 heteroatoms. The molecule has 0 atom stereocenters. The Bertz CT molecular complexity index is 1320. The Kier molecular flexibility index (Phi) is 9.21. The van der Waals surface area contributed by atoms with Crippen LogP contribution in [0.5, 0.6) is 11.5 Å². The zero-order valence-electron chi connectivity index (χ0n) is 22.4. The monoisotopic (exact) mass is 544 g/mol. The molecule has 1 aromatic heterocycles. The summed E-state index contributed by atoms with van der Waals surface area (Å²) in [4.78, 5) is 29.4. The minimum atomic E-state index is -4.41. The van der Waals surface area contributed by atoms with Gasteiger partial charge in [-0.15, -0.1) is 0 Å². The standard InChI is InChI=1S/C29H31F3N2O5/c1-6-38-27(36)28(3,4)39-23-16-19(15-22(17-23)37-5)13-14-33-26(35)24-11-12-25(34-18(24)2)20-7-9-21(10-8-20)29(30,31)32/h7-12,15-17H,6,13-14H2,1-5H3,(H,33,35). The molecule has 0 unspecified atom stereocenters. The van der Waals surface area contributed by atoms with Crippen molar-refractivity contribution in [1.82, 2.24) is 10.3 Å². The number of nitrogens with zero attached hydrogens (tertiary/aromatic N) is 1. The van der Waals surface area contributed by atoms with Gasteiger partial charge in [-0.2, -0.15) is 13.2 Å². The van der Waals surface area contributed by atoms with Gasteiger partial charge in [0.2, 0.25) is 0 Å². The van der Waals surface area contributed by atoms with E-state index < -0.39 is 23.3 Å². The van der Waals surface area contributed by atoms with Crippen molar-refractivity contribution in [3.8, 4) is 22.8 Å². The Morgan fingerprint density at radius 1 is 0.974 bits per heavy atom. The van der Waals surface area contributed by atoms with Crippen LogP contribution in [0.1, 0.15) is 48.0 Å². The quantitative estimate of drug-likeness (QED) is 0.326. The third-order valence-corrected chi connectivity index (χ3v) is 5.85. The summed E-state index contributed by atoms with van der Waals surface area (Å²) in [6.45, 7) is 7.15. The van der Waals surface area contributed by atoms with E-state index in [1.54, 1.807) is 52.0 Å². The molecule has 0 saturated heterocycles. The number of amides is 1. The van der Waals surface area contributed by atoms with Crippen LogP contribution in [-0.2, 0) is 22.1 Å². The van der Waals surface area contributed by atoms with Gasteiger partial charge in [0.05, 0.1) is 36.2 Å². The van der Waals surface area contributed by atoms with Crippen LogP contribution in [0.4, 0.5) is 13.2 Å². The lowest BCUT2D eigenvalue weighted by atomic mass is 10.1. The van der Waals surface area contributed by atoms with Crippen LogP contribution in [0, 0.1) is 6.92 Å². The molecule has 208 valence electrons. The molecule has 7 nitrogen and oxygen atoms in total. The second-order valence-corrected chi connectivity index (χ2v) is 9.26. The van der Waals surface area contributed by atoms with Crippen molar-refractivity contribution in [3.63, 3.8) is 0 Å². The van der Waals surface area contributed by atoms with Gasteiger partial charge in [-0.25, -0.2) is 4.79 Å². The summed E-state index contributed by atoms with van der Waals surface area (Å²) in [7, 11) is 1.52. The van der Waals surface area contributed by atoms with E-state index in [1.165, 1.54) is 19.2 Å². The molecule has 0 fully saturated rings. The number of ether oxygens (including phenoxy) is 3. The maximum absolute atomic E-state index is 12.8.